The van der Waals surface area contributed by atoms with Crippen LogP contribution in [0.25, 0.3) is 22.5 Å². The van der Waals surface area contributed by atoms with Gasteiger partial charge in [-0.1, -0.05) is 20.3 Å². The fraction of sp³-hybridized carbons (Fsp3) is 0.414. The highest BCUT2D eigenvalue weighted by atomic mass is 19.1. The van der Waals surface area contributed by atoms with Crippen LogP contribution in [-0.4, -0.2) is 48.5 Å². The molecule has 41 heavy (non-hydrogen) atoms. The van der Waals surface area contributed by atoms with E-state index in [0.29, 0.717) is 35.8 Å². The average Bonchev–Trinajstić information content (AvgIpc) is 3.54. The summed E-state index contributed by atoms with van der Waals surface area (Å²) < 4.78 is 28.3. The highest BCUT2D eigenvalue weighted by Crippen LogP contribution is 2.38. The number of aryl methyl sites for hydroxylation is 2. The van der Waals surface area contributed by atoms with Gasteiger partial charge in [-0.3, -0.25) is 9.48 Å². The van der Waals surface area contributed by atoms with E-state index in [1.807, 2.05) is 44.6 Å². The summed E-state index contributed by atoms with van der Waals surface area (Å²) in [6, 6.07) is 5.71. The van der Waals surface area contributed by atoms with Crippen molar-refractivity contribution < 1.29 is 18.7 Å². The summed E-state index contributed by atoms with van der Waals surface area (Å²) in [6.45, 7) is 8.22. The number of carbonyl (C=O) groups excluding carboxylic acids is 1. The Hall–Kier alpha value is -4.32. The van der Waals surface area contributed by atoms with Gasteiger partial charge in [-0.15, -0.1) is 0 Å². The molecule has 0 fully saturated rings. The van der Waals surface area contributed by atoms with Crippen molar-refractivity contribution in [2.24, 2.45) is 18.7 Å². The largest absolute Gasteiger partial charge is 0.482 e. The van der Waals surface area contributed by atoms with Gasteiger partial charge < -0.3 is 20.5 Å². The maximum atomic E-state index is 14.5. The summed E-state index contributed by atoms with van der Waals surface area (Å²) in [5.74, 6) is -0.127. The molecule has 3 atom stereocenters. The third kappa shape index (κ3) is 5.64. The van der Waals surface area contributed by atoms with Gasteiger partial charge in [-0.2, -0.15) is 20.1 Å². The lowest BCUT2D eigenvalue weighted by molar-refractivity contribution is -0.145. The number of aromatic nitrogens is 6. The molecule has 216 valence electrons. The van der Waals surface area contributed by atoms with Crippen molar-refractivity contribution in [1.82, 2.24) is 29.8 Å². The van der Waals surface area contributed by atoms with Gasteiger partial charge in [0.1, 0.15) is 23.7 Å². The van der Waals surface area contributed by atoms with Crippen molar-refractivity contribution in [2.45, 2.75) is 59.2 Å². The Bertz CT molecular complexity index is 1570. The lowest BCUT2D eigenvalue weighted by atomic mass is 9.96. The number of pyridine rings is 1. The minimum absolute atomic E-state index is 0.00823. The summed E-state index contributed by atoms with van der Waals surface area (Å²) >= 11 is 0. The molecule has 1 unspecified atom stereocenters. The maximum absolute atomic E-state index is 14.5. The van der Waals surface area contributed by atoms with Crippen LogP contribution in [0.1, 0.15) is 57.0 Å². The monoisotopic (exact) mass is 562 g/mol. The summed E-state index contributed by atoms with van der Waals surface area (Å²) in [4.78, 5) is 18.6. The van der Waals surface area contributed by atoms with E-state index in [4.69, 9.17) is 15.2 Å². The fourth-order valence-electron chi connectivity index (χ4n) is 4.98. The van der Waals surface area contributed by atoms with Gasteiger partial charge in [-0.05, 0) is 44.0 Å². The van der Waals surface area contributed by atoms with E-state index in [2.05, 4.69) is 25.6 Å². The number of esters is 1. The Morgan fingerprint density at radius 1 is 1.27 bits per heavy atom. The zero-order chi connectivity index (χ0) is 29.3. The first-order valence-electron chi connectivity index (χ1n) is 13.8. The third-order valence-electron chi connectivity index (χ3n) is 7.48. The Balaban J connectivity index is 1.57. The van der Waals surface area contributed by atoms with Crippen LogP contribution in [0.15, 0.2) is 36.7 Å². The average molecular weight is 563 g/mol. The molecule has 0 saturated carbocycles. The van der Waals surface area contributed by atoms with E-state index in [1.54, 1.807) is 19.3 Å². The van der Waals surface area contributed by atoms with E-state index in [1.165, 1.54) is 16.9 Å². The molecule has 0 spiro atoms. The van der Waals surface area contributed by atoms with Crippen LogP contribution in [0.2, 0.25) is 0 Å². The first-order chi connectivity index (χ1) is 19.7. The molecule has 1 aliphatic heterocycles. The van der Waals surface area contributed by atoms with E-state index >= 15 is 0 Å². The van der Waals surface area contributed by atoms with Crippen LogP contribution in [-0.2, 0) is 29.5 Å². The molecule has 0 amide bonds. The molecule has 4 heterocycles. The number of hydrogen-bond donors (Lipinski definition) is 2. The van der Waals surface area contributed by atoms with E-state index in [9.17, 15) is 9.18 Å². The fourth-order valence-corrected chi connectivity index (χ4v) is 4.98. The van der Waals surface area contributed by atoms with Crippen LogP contribution in [0.5, 0.6) is 5.75 Å². The number of hydrogen-bond acceptors (Lipinski definition) is 9. The second-order valence-electron chi connectivity index (χ2n) is 10.3. The van der Waals surface area contributed by atoms with Crippen LogP contribution in [0.4, 0.5) is 10.2 Å². The highest BCUT2D eigenvalue weighted by Gasteiger charge is 2.26. The predicted octanol–water partition coefficient (Wildman–Crippen LogP) is 4.23. The van der Waals surface area contributed by atoms with Crippen LogP contribution in [0.3, 0.4) is 0 Å². The SMILES string of the molecule is CCC(C)[C@H](N)C(=O)OCNc1ncc2cc1O[C@H](C)c1cc(F)ccc1-c1nn(C)nc1Cc1cnn(CC)c1-2. The van der Waals surface area contributed by atoms with Crippen LogP contribution >= 0.6 is 0 Å². The highest BCUT2D eigenvalue weighted by molar-refractivity contribution is 5.76. The topological polar surface area (TPSA) is 135 Å². The molecule has 0 radical (unpaired) electrons. The van der Waals surface area contributed by atoms with Gasteiger partial charge in [0.25, 0.3) is 0 Å². The number of halogens is 1. The number of benzene rings is 1. The minimum atomic E-state index is -0.719. The molecule has 3 N–H and O–H groups in total. The summed E-state index contributed by atoms with van der Waals surface area (Å²) in [7, 11) is 1.76. The van der Waals surface area contributed by atoms with Gasteiger partial charge in [0, 0.05) is 48.5 Å². The van der Waals surface area contributed by atoms with Crippen LogP contribution in [0, 0.1) is 11.7 Å². The number of anilines is 1. The molecule has 0 aliphatic carbocycles. The Labute approximate surface area is 237 Å². The summed E-state index contributed by atoms with van der Waals surface area (Å²) in [6.07, 6.45) is 4.17. The quantitative estimate of drug-likeness (QED) is 0.251. The first kappa shape index (κ1) is 28.2. The number of carbonyl (C=O) groups is 1. The molecule has 0 saturated heterocycles. The molecular formula is C29H35FN8O3. The van der Waals surface area contributed by atoms with E-state index < -0.39 is 23.9 Å². The van der Waals surface area contributed by atoms with Crippen molar-refractivity contribution in [2.75, 3.05) is 12.0 Å². The summed E-state index contributed by atoms with van der Waals surface area (Å²) in [5.41, 5.74) is 11.3. The number of ether oxygens (including phenoxy) is 2. The van der Waals surface area contributed by atoms with Crippen molar-refractivity contribution in [1.29, 1.82) is 0 Å². The third-order valence-corrected chi connectivity index (χ3v) is 7.48. The Kier molecular flexibility index (Phi) is 8.02. The molecule has 12 heteroatoms. The van der Waals surface area contributed by atoms with Gasteiger partial charge in [0.2, 0.25) is 0 Å². The molecule has 11 nitrogen and oxygen atoms in total. The van der Waals surface area contributed by atoms with Crippen molar-refractivity contribution >= 4 is 11.8 Å². The molecule has 3 aromatic heterocycles. The number of nitrogens with zero attached hydrogens (tertiary/aromatic N) is 6. The smallest absolute Gasteiger partial charge is 0.324 e. The van der Waals surface area contributed by atoms with Crippen molar-refractivity contribution in [3.8, 4) is 28.3 Å². The Morgan fingerprint density at radius 3 is 2.83 bits per heavy atom. The summed E-state index contributed by atoms with van der Waals surface area (Å²) in [5, 5.41) is 16.9. The predicted molar refractivity (Wildman–Crippen MR) is 151 cm³/mol. The maximum Gasteiger partial charge on any atom is 0.324 e. The lowest BCUT2D eigenvalue weighted by Crippen LogP contribution is -2.38. The first-order valence-corrected chi connectivity index (χ1v) is 13.8. The van der Waals surface area contributed by atoms with Gasteiger partial charge in [0.15, 0.2) is 18.3 Å². The van der Waals surface area contributed by atoms with Crippen molar-refractivity contribution in [3.05, 3.63) is 59.3 Å². The molecular weight excluding hydrogens is 527 g/mol. The van der Waals surface area contributed by atoms with Crippen LogP contribution < -0.4 is 15.8 Å². The molecule has 5 rings (SSSR count). The molecule has 4 aromatic rings. The second kappa shape index (κ2) is 11.7. The minimum Gasteiger partial charge on any atom is -0.482 e. The Morgan fingerprint density at radius 2 is 2.07 bits per heavy atom. The van der Waals surface area contributed by atoms with E-state index in [-0.39, 0.29) is 12.6 Å². The number of nitrogens with two attached hydrogens (primary N) is 1. The van der Waals surface area contributed by atoms with Gasteiger partial charge >= 0.3 is 5.97 Å². The molecule has 2 bridgehead atoms. The lowest BCUT2D eigenvalue weighted by Gasteiger charge is -2.22. The number of fused-ring (bicyclic) bond motifs is 7. The second-order valence-corrected chi connectivity index (χ2v) is 10.3. The standard InChI is InChI=1S/C29H35FN8O3/c1-6-16(3)25(31)29(39)40-15-33-28-24-11-19(13-32-28)27-18(14-34-38(27)7-2)10-23-26(36-37(5)35-23)21-9-8-20(30)12-22(21)17(4)41-24/h8-9,11-14,16-17,25H,6-7,10,15,31H2,1-5H3,(H,32,33)/t16?,17-,25+/m1/s1. The number of nitrogens with one attached hydrogen (secondary N) is 1. The number of rotatable bonds is 7. The van der Waals surface area contributed by atoms with Gasteiger partial charge in [-0.25, -0.2) is 9.37 Å². The molecule has 1 aliphatic rings. The normalized spacial score (nSPS) is 15.7. The van der Waals surface area contributed by atoms with E-state index in [0.717, 1.165) is 34.5 Å². The van der Waals surface area contributed by atoms with Gasteiger partial charge in [0.05, 0.1) is 17.6 Å². The molecule has 1 aromatic carbocycles. The zero-order valence-electron chi connectivity index (χ0n) is 23.9. The zero-order valence-corrected chi connectivity index (χ0v) is 23.9. The van der Waals surface area contributed by atoms with Crippen molar-refractivity contribution in [3.63, 3.8) is 0 Å².